The molecular weight excluding hydrogens is 441 g/mol. The summed E-state index contributed by atoms with van der Waals surface area (Å²) in [6.45, 7) is 9.77. The van der Waals surface area contributed by atoms with Gasteiger partial charge in [-0.05, 0) is 53.9 Å². The van der Waals surface area contributed by atoms with Gasteiger partial charge < -0.3 is 5.32 Å². The van der Waals surface area contributed by atoms with Crippen molar-refractivity contribution in [3.05, 3.63) is 154 Å². The Kier molecular flexibility index (Phi) is 6.98. The molecule has 0 aromatic heterocycles. The van der Waals surface area contributed by atoms with Crippen molar-refractivity contribution in [2.45, 2.75) is 20.3 Å². The van der Waals surface area contributed by atoms with E-state index in [1.807, 2.05) is 0 Å². The fraction of sp³-hybridized carbons (Fsp3) is 0.152. The van der Waals surface area contributed by atoms with Crippen molar-refractivity contribution in [2.24, 2.45) is 5.92 Å². The van der Waals surface area contributed by atoms with Gasteiger partial charge in [0.25, 0.3) is 0 Å². The van der Waals surface area contributed by atoms with E-state index in [1.54, 1.807) is 0 Å². The molecule has 0 amide bonds. The summed E-state index contributed by atoms with van der Waals surface area (Å²) in [5, 5.41) is 7.91. The lowest BCUT2D eigenvalue weighted by atomic mass is 9.93. The summed E-state index contributed by atoms with van der Waals surface area (Å²) in [6.07, 6.45) is 32.3. The minimum atomic E-state index is -0.762. The summed E-state index contributed by atoms with van der Waals surface area (Å²) in [6, 6.07) is 8.94. The molecule has 2 heterocycles. The predicted octanol–water partition coefficient (Wildman–Crippen LogP) is 8.15. The van der Waals surface area contributed by atoms with Gasteiger partial charge in [-0.3, -0.25) is 0 Å². The first-order chi connectivity index (χ1) is 17.2. The van der Waals surface area contributed by atoms with Crippen LogP contribution in [0.1, 0.15) is 25.8 Å². The van der Waals surface area contributed by atoms with Gasteiger partial charge in [-0.2, -0.15) is 0 Å². The van der Waals surface area contributed by atoms with E-state index in [9.17, 15) is 0 Å². The van der Waals surface area contributed by atoms with Crippen LogP contribution < -0.4 is 10.6 Å². The second kappa shape index (κ2) is 10.5. The lowest BCUT2D eigenvalue weighted by molar-refractivity contribution is 0.998. The molecule has 5 rings (SSSR count). The topological polar surface area (TPSA) is 12.0 Å². The van der Waals surface area contributed by atoms with Crippen LogP contribution in [0.4, 0.5) is 0 Å². The van der Waals surface area contributed by atoms with E-state index in [2.05, 4.69) is 135 Å². The molecule has 0 saturated carbocycles. The number of fused-ring (bicyclic) bond motifs is 3. The van der Waals surface area contributed by atoms with Crippen LogP contribution in [0.2, 0.25) is 0 Å². The van der Waals surface area contributed by atoms with Crippen LogP contribution in [0.15, 0.2) is 149 Å². The smallest absolute Gasteiger partial charge is 0.0505 e. The molecule has 1 aromatic rings. The first kappa shape index (κ1) is 23.3. The van der Waals surface area contributed by atoms with Crippen LogP contribution in [0.25, 0.3) is 5.70 Å². The van der Waals surface area contributed by atoms with E-state index in [1.165, 1.54) is 43.9 Å². The van der Waals surface area contributed by atoms with Crippen molar-refractivity contribution in [3.8, 4) is 0 Å². The summed E-state index contributed by atoms with van der Waals surface area (Å²) in [7, 11) is -0.762. The Morgan fingerprint density at radius 1 is 1.03 bits per heavy atom. The Morgan fingerprint density at radius 3 is 2.77 bits per heavy atom. The maximum atomic E-state index is 4.50. The fourth-order valence-electron chi connectivity index (χ4n) is 4.99. The standard InChI is InChI=1S/C33H32NP/c1-4-5-17-30-25(3)32-24(2)13-7-6-12-23-34-33(32)29-16-10-11-18-31(29)35(30)28-21-19-26-14-8-9-15-27(26)20-22-28/h5-22,26,34H,2,4,23H2,1,3H3/b12-6-,13-7-,17-5-. The molecular formula is C33H32NP. The number of hydrogen-bond donors (Lipinski definition) is 1. The largest absolute Gasteiger partial charge is 0.381 e. The summed E-state index contributed by atoms with van der Waals surface area (Å²) >= 11 is 0. The Bertz CT molecular complexity index is 1350. The average molecular weight is 474 g/mol. The Balaban J connectivity index is 1.77. The third kappa shape index (κ3) is 4.62. The molecule has 1 aromatic carbocycles. The molecule has 0 saturated heterocycles. The second-order valence-electron chi connectivity index (χ2n) is 9.00. The Labute approximate surface area is 211 Å². The van der Waals surface area contributed by atoms with E-state index in [0.717, 1.165) is 18.5 Å². The molecule has 2 unspecified atom stereocenters. The molecule has 174 valence electrons. The number of benzene rings is 1. The Hall–Kier alpha value is -3.41. The Morgan fingerprint density at radius 2 is 1.89 bits per heavy atom. The van der Waals surface area contributed by atoms with E-state index in [-0.39, 0.29) is 0 Å². The minimum Gasteiger partial charge on any atom is -0.381 e. The van der Waals surface area contributed by atoms with E-state index >= 15 is 0 Å². The van der Waals surface area contributed by atoms with Gasteiger partial charge in [-0.15, -0.1) is 0 Å². The first-order valence-corrected chi connectivity index (χ1v) is 13.8. The van der Waals surface area contributed by atoms with E-state index in [0.29, 0.717) is 5.92 Å². The minimum absolute atomic E-state index is 0.339. The molecule has 4 aliphatic rings. The lowest BCUT2D eigenvalue weighted by Gasteiger charge is -2.23. The van der Waals surface area contributed by atoms with Crippen LogP contribution in [-0.2, 0) is 0 Å². The van der Waals surface area contributed by atoms with Gasteiger partial charge >= 0.3 is 0 Å². The van der Waals surface area contributed by atoms with Gasteiger partial charge in [-0.1, -0.05) is 123 Å². The van der Waals surface area contributed by atoms with Gasteiger partial charge in [0.05, 0.1) is 5.70 Å². The number of nitrogens with one attached hydrogen (secondary N) is 1. The molecule has 0 fully saturated rings. The van der Waals surface area contributed by atoms with Gasteiger partial charge in [-0.25, -0.2) is 0 Å². The SMILES string of the molecule is C=C1/C=C\C=C/CNC2=C1C(C)=C(/C=C\CC)P(C1=CC=C3C=CC=CC3C=C1)c1ccccc12. The average Bonchev–Trinajstić information content (AvgIpc) is 3.09. The highest BCUT2D eigenvalue weighted by molar-refractivity contribution is 7.74. The number of rotatable bonds is 3. The highest BCUT2D eigenvalue weighted by atomic mass is 31.1. The lowest BCUT2D eigenvalue weighted by Crippen LogP contribution is -2.19. The number of hydrogen-bond acceptors (Lipinski definition) is 1. The molecule has 2 atom stereocenters. The summed E-state index contributed by atoms with van der Waals surface area (Å²) in [4.78, 5) is 0. The molecule has 1 nitrogen and oxygen atoms in total. The van der Waals surface area contributed by atoms with Crippen molar-refractivity contribution >= 4 is 18.9 Å². The van der Waals surface area contributed by atoms with Gasteiger partial charge in [0, 0.05) is 23.6 Å². The zero-order valence-corrected chi connectivity index (χ0v) is 21.4. The van der Waals surface area contributed by atoms with Crippen LogP contribution in [0.3, 0.4) is 0 Å². The molecule has 0 radical (unpaired) electrons. The highest BCUT2D eigenvalue weighted by Crippen LogP contribution is 2.58. The quantitative estimate of drug-likeness (QED) is 0.437. The van der Waals surface area contributed by atoms with Crippen molar-refractivity contribution in [2.75, 3.05) is 6.54 Å². The van der Waals surface area contributed by atoms with Crippen molar-refractivity contribution in [1.82, 2.24) is 5.32 Å². The van der Waals surface area contributed by atoms with Gasteiger partial charge in [0.15, 0.2) is 0 Å². The molecule has 35 heavy (non-hydrogen) atoms. The number of allylic oxidation sites excluding steroid dienone is 19. The van der Waals surface area contributed by atoms with Crippen molar-refractivity contribution < 1.29 is 0 Å². The van der Waals surface area contributed by atoms with Crippen LogP contribution in [-0.4, -0.2) is 6.54 Å². The van der Waals surface area contributed by atoms with Crippen molar-refractivity contribution in [3.63, 3.8) is 0 Å². The molecule has 0 spiro atoms. The van der Waals surface area contributed by atoms with Gasteiger partial charge in [0.1, 0.15) is 0 Å². The van der Waals surface area contributed by atoms with E-state index in [4.69, 9.17) is 0 Å². The van der Waals surface area contributed by atoms with Gasteiger partial charge in [0.2, 0.25) is 0 Å². The fourth-order valence-corrected chi connectivity index (χ4v) is 7.62. The van der Waals surface area contributed by atoms with Crippen LogP contribution in [0, 0.1) is 5.92 Å². The zero-order chi connectivity index (χ0) is 24.2. The van der Waals surface area contributed by atoms with Crippen LogP contribution >= 0.6 is 7.92 Å². The normalized spacial score (nSPS) is 25.3. The molecule has 2 aliphatic carbocycles. The monoisotopic (exact) mass is 473 g/mol. The third-order valence-corrected chi connectivity index (χ3v) is 9.37. The molecule has 0 bridgehead atoms. The highest BCUT2D eigenvalue weighted by Gasteiger charge is 2.30. The second-order valence-corrected chi connectivity index (χ2v) is 11.2. The molecule has 1 N–H and O–H groups in total. The zero-order valence-electron chi connectivity index (χ0n) is 20.5. The molecule has 2 heteroatoms. The first-order valence-electron chi connectivity index (χ1n) is 12.4. The summed E-state index contributed by atoms with van der Waals surface area (Å²) in [5.74, 6) is 0.339. The van der Waals surface area contributed by atoms with Crippen molar-refractivity contribution in [1.29, 1.82) is 0 Å². The predicted molar refractivity (Wildman–Crippen MR) is 155 cm³/mol. The van der Waals surface area contributed by atoms with E-state index < -0.39 is 7.92 Å². The maximum absolute atomic E-state index is 4.50. The summed E-state index contributed by atoms with van der Waals surface area (Å²) < 4.78 is 0. The summed E-state index contributed by atoms with van der Waals surface area (Å²) in [5.41, 5.74) is 7.37. The van der Waals surface area contributed by atoms with Crippen LogP contribution in [0.5, 0.6) is 0 Å². The maximum Gasteiger partial charge on any atom is 0.0505 e. The third-order valence-electron chi connectivity index (χ3n) is 6.72. The molecule has 2 aliphatic heterocycles.